The van der Waals surface area contributed by atoms with Gasteiger partial charge >= 0.3 is 0 Å². The fraction of sp³-hybridized carbons (Fsp3) is 0.929. The first-order valence-electron chi connectivity index (χ1n) is 14.1. The standard InChI is InChI=1S/C28H46N2O2/c1-17-9-13-19(14-10-17)29-23-7-3-5-21-25(23)27(31)22-6-4-8-24(26(22)28(21)32)30-20-15-11-18(2)12-16-20/h17-26,29-30H,3-16H2,1-2H3. The van der Waals surface area contributed by atoms with E-state index in [1.807, 2.05) is 0 Å². The zero-order valence-electron chi connectivity index (χ0n) is 20.5. The Morgan fingerprint density at radius 2 is 0.906 bits per heavy atom. The molecule has 0 saturated heterocycles. The van der Waals surface area contributed by atoms with Crippen molar-refractivity contribution in [3.8, 4) is 0 Å². The van der Waals surface area contributed by atoms with Crippen LogP contribution in [-0.2, 0) is 9.59 Å². The number of carbonyl (C=O) groups excluding carboxylic acids is 2. The molecule has 5 saturated carbocycles. The molecule has 0 heterocycles. The zero-order chi connectivity index (χ0) is 22.2. The molecule has 0 aliphatic heterocycles. The molecule has 0 aromatic carbocycles. The molecule has 5 fully saturated rings. The van der Waals surface area contributed by atoms with Gasteiger partial charge in [-0.05, 0) is 88.9 Å². The summed E-state index contributed by atoms with van der Waals surface area (Å²) < 4.78 is 0. The molecule has 0 spiro atoms. The lowest BCUT2D eigenvalue weighted by molar-refractivity contribution is -0.154. The van der Waals surface area contributed by atoms with Crippen LogP contribution < -0.4 is 10.6 Å². The van der Waals surface area contributed by atoms with Crippen molar-refractivity contribution in [2.45, 2.75) is 128 Å². The number of Topliss-reactive ketones (excluding diaryl/α,β-unsaturated/α-hetero) is 2. The fourth-order valence-corrected chi connectivity index (χ4v) is 8.15. The highest BCUT2D eigenvalue weighted by atomic mass is 16.1. The van der Waals surface area contributed by atoms with E-state index in [-0.39, 0.29) is 35.8 Å². The fourth-order valence-electron chi connectivity index (χ4n) is 8.15. The van der Waals surface area contributed by atoms with E-state index < -0.39 is 0 Å². The maximum absolute atomic E-state index is 13.9. The number of ketones is 2. The van der Waals surface area contributed by atoms with E-state index in [1.54, 1.807) is 0 Å². The van der Waals surface area contributed by atoms with Gasteiger partial charge in [-0.2, -0.15) is 0 Å². The summed E-state index contributed by atoms with van der Waals surface area (Å²) in [6.45, 7) is 4.72. The molecule has 0 aromatic rings. The molecule has 0 aromatic heterocycles. The van der Waals surface area contributed by atoms with Crippen molar-refractivity contribution >= 4 is 11.6 Å². The Balaban J connectivity index is 1.29. The average Bonchev–Trinajstić information content (AvgIpc) is 2.80. The molecule has 0 radical (unpaired) electrons. The van der Waals surface area contributed by atoms with Crippen LogP contribution in [0.5, 0.6) is 0 Å². The number of nitrogens with one attached hydrogen (secondary N) is 2. The summed E-state index contributed by atoms with van der Waals surface area (Å²) in [4.78, 5) is 27.8. The van der Waals surface area contributed by atoms with E-state index in [0.717, 1.165) is 50.4 Å². The minimum atomic E-state index is -0.0499. The van der Waals surface area contributed by atoms with Gasteiger partial charge < -0.3 is 10.6 Å². The molecule has 0 amide bonds. The van der Waals surface area contributed by atoms with Gasteiger partial charge in [0.1, 0.15) is 11.6 Å². The van der Waals surface area contributed by atoms with Crippen LogP contribution in [0.2, 0.25) is 0 Å². The van der Waals surface area contributed by atoms with Gasteiger partial charge in [-0.1, -0.05) is 26.7 Å². The maximum atomic E-state index is 13.9. The van der Waals surface area contributed by atoms with E-state index >= 15 is 0 Å². The van der Waals surface area contributed by atoms with Crippen LogP contribution in [-0.4, -0.2) is 35.7 Å². The van der Waals surface area contributed by atoms with Crippen LogP contribution in [0.25, 0.3) is 0 Å². The lowest BCUT2D eigenvalue weighted by Gasteiger charge is -2.50. The molecular weight excluding hydrogens is 396 g/mol. The first-order valence-corrected chi connectivity index (χ1v) is 14.1. The monoisotopic (exact) mass is 442 g/mol. The van der Waals surface area contributed by atoms with Crippen molar-refractivity contribution in [1.82, 2.24) is 10.6 Å². The van der Waals surface area contributed by atoms with Crippen LogP contribution in [0.1, 0.15) is 104 Å². The summed E-state index contributed by atoms with van der Waals surface area (Å²) in [5, 5.41) is 7.83. The van der Waals surface area contributed by atoms with Crippen molar-refractivity contribution in [1.29, 1.82) is 0 Å². The second-order valence-electron chi connectivity index (χ2n) is 12.4. The van der Waals surface area contributed by atoms with E-state index in [1.165, 1.54) is 51.4 Å². The lowest BCUT2D eigenvalue weighted by Crippen LogP contribution is -2.63. The van der Waals surface area contributed by atoms with Crippen molar-refractivity contribution in [2.24, 2.45) is 35.5 Å². The Hall–Kier alpha value is -0.740. The number of hydrogen-bond donors (Lipinski definition) is 2. The smallest absolute Gasteiger partial charge is 0.142 e. The molecule has 5 aliphatic carbocycles. The highest BCUT2D eigenvalue weighted by Crippen LogP contribution is 2.47. The molecule has 5 aliphatic rings. The molecule has 6 unspecified atom stereocenters. The SMILES string of the molecule is CC1CCC(NC2CCCC3C(=O)C4C(NC5CCC(C)CC5)CCCC4C(=O)C23)CC1. The van der Waals surface area contributed by atoms with Gasteiger partial charge in [-0.25, -0.2) is 0 Å². The zero-order valence-corrected chi connectivity index (χ0v) is 20.5. The Morgan fingerprint density at radius 3 is 1.28 bits per heavy atom. The van der Waals surface area contributed by atoms with Crippen LogP contribution in [0, 0.1) is 35.5 Å². The van der Waals surface area contributed by atoms with Gasteiger partial charge in [0, 0.05) is 47.8 Å². The molecule has 2 N–H and O–H groups in total. The first kappa shape index (κ1) is 23.0. The quantitative estimate of drug-likeness (QED) is 0.640. The van der Waals surface area contributed by atoms with Crippen LogP contribution in [0.4, 0.5) is 0 Å². The molecule has 180 valence electrons. The third kappa shape index (κ3) is 4.60. The van der Waals surface area contributed by atoms with Gasteiger partial charge in [0.25, 0.3) is 0 Å². The Morgan fingerprint density at radius 1 is 0.531 bits per heavy atom. The minimum absolute atomic E-state index is 0.0220. The highest BCUT2D eigenvalue weighted by molar-refractivity contribution is 6.00. The number of rotatable bonds is 4. The molecule has 5 rings (SSSR count). The first-order chi connectivity index (χ1) is 15.5. The van der Waals surface area contributed by atoms with Crippen LogP contribution >= 0.6 is 0 Å². The van der Waals surface area contributed by atoms with Crippen molar-refractivity contribution in [3.63, 3.8) is 0 Å². The van der Waals surface area contributed by atoms with Gasteiger partial charge in [0.05, 0.1) is 0 Å². The van der Waals surface area contributed by atoms with E-state index in [4.69, 9.17) is 0 Å². The Bertz CT molecular complexity index is 619. The summed E-state index contributed by atoms with van der Waals surface area (Å²) in [7, 11) is 0. The number of carbonyl (C=O) groups is 2. The van der Waals surface area contributed by atoms with E-state index in [2.05, 4.69) is 24.5 Å². The largest absolute Gasteiger partial charge is 0.310 e. The van der Waals surface area contributed by atoms with Gasteiger partial charge in [-0.15, -0.1) is 0 Å². The third-order valence-corrected chi connectivity index (χ3v) is 10.1. The number of fused-ring (bicyclic) bond motifs is 2. The van der Waals surface area contributed by atoms with Crippen molar-refractivity contribution < 1.29 is 9.59 Å². The van der Waals surface area contributed by atoms with Gasteiger partial charge in [-0.3, -0.25) is 9.59 Å². The number of hydrogen-bond acceptors (Lipinski definition) is 4. The van der Waals surface area contributed by atoms with Crippen LogP contribution in [0.3, 0.4) is 0 Å². The van der Waals surface area contributed by atoms with E-state index in [0.29, 0.717) is 23.7 Å². The van der Waals surface area contributed by atoms with Crippen LogP contribution in [0.15, 0.2) is 0 Å². The molecule has 4 nitrogen and oxygen atoms in total. The molecule has 32 heavy (non-hydrogen) atoms. The Labute approximate surface area is 195 Å². The Kier molecular flexibility index (Phi) is 7.09. The predicted molar refractivity (Wildman–Crippen MR) is 128 cm³/mol. The summed E-state index contributed by atoms with van der Waals surface area (Å²) >= 11 is 0. The summed E-state index contributed by atoms with van der Waals surface area (Å²) in [6, 6.07) is 1.56. The summed E-state index contributed by atoms with van der Waals surface area (Å²) in [6.07, 6.45) is 16.3. The predicted octanol–water partition coefficient (Wildman–Crippen LogP) is 5.04. The molecule has 4 heteroatoms. The maximum Gasteiger partial charge on any atom is 0.142 e. The van der Waals surface area contributed by atoms with Gasteiger partial charge in [0.2, 0.25) is 0 Å². The van der Waals surface area contributed by atoms with Crippen molar-refractivity contribution in [3.05, 3.63) is 0 Å². The average molecular weight is 443 g/mol. The normalized spacial score (nSPS) is 47.6. The van der Waals surface area contributed by atoms with Crippen molar-refractivity contribution in [2.75, 3.05) is 0 Å². The molecule has 6 atom stereocenters. The second kappa shape index (κ2) is 9.86. The summed E-state index contributed by atoms with van der Waals surface area (Å²) in [5.74, 6) is 2.43. The summed E-state index contributed by atoms with van der Waals surface area (Å²) in [5.41, 5.74) is 0. The lowest BCUT2D eigenvalue weighted by atomic mass is 9.56. The van der Waals surface area contributed by atoms with E-state index in [9.17, 15) is 9.59 Å². The second-order valence-corrected chi connectivity index (χ2v) is 12.4. The minimum Gasteiger partial charge on any atom is -0.310 e. The molecular formula is C28H46N2O2. The third-order valence-electron chi connectivity index (χ3n) is 10.1. The molecule has 0 bridgehead atoms. The highest BCUT2D eigenvalue weighted by Gasteiger charge is 2.56. The topological polar surface area (TPSA) is 58.2 Å². The van der Waals surface area contributed by atoms with Gasteiger partial charge in [0.15, 0.2) is 0 Å².